The van der Waals surface area contributed by atoms with Crippen LogP contribution in [0.2, 0.25) is 0 Å². The van der Waals surface area contributed by atoms with Crippen molar-refractivity contribution in [2.45, 2.75) is 13.0 Å². The third-order valence-corrected chi connectivity index (χ3v) is 7.41. The van der Waals surface area contributed by atoms with E-state index in [-0.39, 0.29) is 5.56 Å². The number of benzene rings is 1. The summed E-state index contributed by atoms with van der Waals surface area (Å²) in [6.45, 7) is 8.27. The molecule has 0 saturated carbocycles. The van der Waals surface area contributed by atoms with Crippen LogP contribution < -0.4 is 21.1 Å². The minimum absolute atomic E-state index is 0.0117. The molecular formula is C25H33N7OS. The Morgan fingerprint density at radius 3 is 2.56 bits per heavy atom. The summed E-state index contributed by atoms with van der Waals surface area (Å²) in [6.07, 6.45) is 4.93. The molecule has 0 spiro atoms. The predicted molar refractivity (Wildman–Crippen MR) is 142 cm³/mol. The van der Waals surface area contributed by atoms with Gasteiger partial charge in [-0.15, -0.1) is 0 Å². The van der Waals surface area contributed by atoms with Crippen LogP contribution in [0.3, 0.4) is 0 Å². The minimum atomic E-state index is -0.0117. The van der Waals surface area contributed by atoms with Crippen LogP contribution in [0.15, 0.2) is 47.4 Å². The first-order valence-corrected chi connectivity index (χ1v) is 13.5. The van der Waals surface area contributed by atoms with E-state index in [2.05, 4.69) is 55.9 Å². The number of nitrogens with zero attached hydrogens (tertiary/aromatic N) is 5. The van der Waals surface area contributed by atoms with Gasteiger partial charge in [0, 0.05) is 74.0 Å². The average Bonchev–Trinajstić information content (AvgIpc) is 2.84. The Hall–Kier alpha value is -2.62. The molecular weight excluding hydrogens is 446 g/mol. The van der Waals surface area contributed by atoms with Crippen molar-refractivity contribution in [2.75, 3.05) is 68.0 Å². The molecule has 2 saturated heterocycles. The summed E-state index contributed by atoms with van der Waals surface area (Å²) in [5.74, 6) is 2.34. The highest BCUT2D eigenvalue weighted by atomic mass is 32.2. The van der Waals surface area contributed by atoms with E-state index < -0.39 is 0 Å². The number of thioether (sulfide) groups is 1. The zero-order chi connectivity index (χ0) is 23.3. The lowest BCUT2D eigenvalue weighted by Crippen LogP contribution is -2.47. The Balaban J connectivity index is 1.25. The van der Waals surface area contributed by atoms with Crippen molar-refractivity contribution in [2.24, 2.45) is 5.92 Å². The van der Waals surface area contributed by atoms with Crippen LogP contribution >= 0.6 is 11.8 Å². The van der Waals surface area contributed by atoms with Crippen LogP contribution in [0.5, 0.6) is 0 Å². The molecule has 180 valence electrons. The SMILES string of the molecule is CSCCN1CCN(c2ccc(Nc3ncc4ccc(=O)n(CCC5CNC5)c4n3)cc2)CC1. The van der Waals surface area contributed by atoms with E-state index >= 15 is 0 Å². The summed E-state index contributed by atoms with van der Waals surface area (Å²) in [4.78, 5) is 26.7. The highest BCUT2D eigenvalue weighted by Crippen LogP contribution is 2.22. The van der Waals surface area contributed by atoms with Gasteiger partial charge in [0.25, 0.3) is 5.56 Å². The third-order valence-electron chi connectivity index (χ3n) is 6.82. The fraction of sp³-hybridized carbons (Fsp3) is 0.480. The zero-order valence-electron chi connectivity index (χ0n) is 19.7. The average molecular weight is 480 g/mol. The van der Waals surface area contributed by atoms with Gasteiger partial charge in [0.2, 0.25) is 5.95 Å². The van der Waals surface area contributed by atoms with E-state index in [1.807, 2.05) is 11.8 Å². The number of anilines is 3. The predicted octanol–water partition coefficient (Wildman–Crippen LogP) is 2.63. The van der Waals surface area contributed by atoms with Gasteiger partial charge in [0.1, 0.15) is 5.65 Å². The van der Waals surface area contributed by atoms with Crippen LogP contribution in [0, 0.1) is 5.92 Å². The smallest absolute Gasteiger partial charge is 0.252 e. The summed E-state index contributed by atoms with van der Waals surface area (Å²) in [5.41, 5.74) is 2.86. The molecule has 1 aromatic carbocycles. The molecule has 0 aliphatic carbocycles. The summed E-state index contributed by atoms with van der Waals surface area (Å²) in [7, 11) is 0. The van der Waals surface area contributed by atoms with Crippen LogP contribution in [0.4, 0.5) is 17.3 Å². The fourth-order valence-electron chi connectivity index (χ4n) is 4.55. The number of pyridine rings is 1. The van der Waals surface area contributed by atoms with Gasteiger partial charge in [-0.05, 0) is 62.0 Å². The standard InChI is InChI=1S/C25H33N7OS/c1-34-15-14-30-10-12-31(13-11-30)22-5-3-21(4-6-22)28-25-27-18-20-2-7-23(33)32(24(20)29-25)9-8-19-16-26-17-19/h2-7,18-19,26H,8-17H2,1H3,(H,27,28,29). The molecule has 9 heteroatoms. The number of aromatic nitrogens is 3. The second-order valence-electron chi connectivity index (χ2n) is 9.10. The number of nitrogens with one attached hydrogen (secondary N) is 2. The zero-order valence-corrected chi connectivity index (χ0v) is 20.6. The van der Waals surface area contributed by atoms with E-state index in [0.717, 1.165) is 56.8 Å². The third kappa shape index (κ3) is 5.37. The van der Waals surface area contributed by atoms with Crippen molar-refractivity contribution in [3.8, 4) is 0 Å². The van der Waals surface area contributed by atoms with Crippen LogP contribution in [-0.4, -0.2) is 77.3 Å². The number of aryl methyl sites for hydroxylation is 1. The molecule has 2 fully saturated rings. The minimum Gasteiger partial charge on any atom is -0.369 e. The maximum atomic E-state index is 12.5. The first kappa shape index (κ1) is 23.1. The molecule has 5 rings (SSSR count). The summed E-state index contributed by atoms with van der Waals surface area (Å²) in [6, 6.07) is 11.9. The Bertz CT molecular complexity index is 1150. The Morgan fingerprint density at radius 2 is 1.85 bits per heavy atom. The van der Waals surface area contributed by atoms with E-state index in [1.54, 1.807) is 22.9 Å². The van der Waals surface area contributed by atoms with Crippen molar-refractivity contribution in [3.05, 3.63) is 52.9 Å². The molecule has 4 heterocycles. The number of hydrogen-bond donors (Lipinski definition) is 2. The molecule has 2 N–H and O–H groups in total. The highest BCUT2D eigenvalue weighted by Gasteiger charge is 2.18. The molecule has 3 aromatic rings. The first-order chi connectivity index (χ1) is 16.7. The highest BCUT2D eigenvalue weighted by molar-refractivity contribution is 7.98. The van der Waals surface area contributed by atoms with E-state index in [4.69, 9.17) is 4.98 Å². The summed E-state index contributed by atoms with van der Waals surface area (Å²) < 4.78 is 1.78. The van der Waals surface area contributed by atoms with Gasteiger partial charge in [0.15, 0.2) is 0 Å². The second-order valence-corrected chi connectivity index (χ2v) is 10.1. The van der Waals surface area contributed by atoms with Gasteiger partial charge in [-0.1, -0.05) is 0 Å². The number of fused-ring (bicyclic) bond motifs is 1. The molecule has 2 aliphatic rings. The Kier molecular flexibility index (Phi) is 7.32. The fourth-order valence-corrected chi connectivity index (χ4v) is 4.99. The first-order valence-electron chi connectivity index (χ1n) is 12.1. The molecule has 34 heavy (non-hydrogen) atoms. The number of piperazine rings is 1. The van der Waals surface area contributed by atoms with E-state index in [0.29, 0.717) is 24.1 Å². The van der Waals surface area contributed by atoms with Crippen molar-refractivity contribution >= 4 is 40.1 Å². The number of hydrogen-bond acceptors (Lipinski definition) is 8. The molecule has 0 amide bonds. The molecule has 0 bridgehead atoms. The van der Waals surface area contributed by atoms with Crippen LogP contribution in [-0.2, 0) is 6.54 Å². The maximum Gasteiger partial charge on any atom is 0.252 e. The normalized spacial score (nSPS) is 17.1. The monoisotopic (exact) mass is 479 g/mol. The van der Waals surface area contributed by atoms with Gasteiger partial charge >= 0.3 is 0 Å². The Morgan fingerprint density at radius 1 is 1.06 bits per heavy atom. The van der Waals surface area contributed by atoms with Gasteiger partial charge in [-0.25, -0.2) is 4.98 Å². The van der Waals surface area contributed by atoms with Crippen molar-refractivity contribution in [1.82, 2.24) is 24.8 Å². The van der Waals surface area contributed by atoms with Crippen molar-refractivity contribution in [3.63, 3.8) is 0 Å². The second kappa shape index (κ2) is 10.8. The lowest BCUT2D eigenvalue weighted by Gasteiger charge is -2.36. The van der Waals surface area contributed by atoms with Crippen LogP contribution in [0.1, 0.15) is 6.42 Å². The van der Waals surface area contributed by atoms with Crippen molar-refractivity contribution < 1.29 is 0 Å². The molecule has 0 unspecified atom stereocenters. The largest absolute Gasteiger partial charge is 0.369 e. The van der Waals surface area contributed by atoms with Gasteiger partial charge in [-0.2, -0.15) is 16.7 Å². The lowest BCUT2D eigenvalue weighted by atomic mass is 9.99. The van der Waals surface area contributed by atoms with Gasteiger partial charge in [-0.3, -0.25) is 14.3 Å². The van der Waals surface area contributed by atoms with Crippen molar-refractivity contribution in [1.29, 1.82) is 0 Å². The molecule has 0 atom stereocenters. The van der Waals surface area contributed by atoms with Gasteiger partial charge in [0.05, 0.1) is 0 Å². The summed E-state index contributed by atoms with van der Waals surface area (Å²) in [5, 5.41) is 7.48. The Labute approximate surface area is 204 Å². The molecule has 0 radical (unpaired) electrons. The topological polar surface area (TPSA) is 78.3 Å². The summed E-state index contributed by atoms with van der Waals surface area (Å²) >= 11 is 1.91. The van der Waals surface area contributed by atoms with E-state index in [1.165, 1.54) is 18.0 Å². The quantitative estimate of drug-likeness (QED) is 0.485. The molecule has 8 nitrogen and oxygen atoms in total. The lowest BCUT2D eigenvalue weighted by molar-refractivity contribution is 0.273. The van der Waals surface area contributed by atoms with E-state index in [9.17, 15) is 4.79 Å². The van der Waals surface area contributed by atoms with Gasteiger partial charge < -0.3 is 15.5 Å². The van der Waals surface area contributed by atoms with Crippen LogP contribution in [0.25, 0.3) is 11.0 Å². The maximum absolute atomic E-state index is 12.5. The molecule has 2 aliphatic heterocycles. The number of rotatable bonds is 9. The molecule has 2 aromatic heterocycles.